The van der Waals surface area contributed by atoms with Gasteiger partial charge in [0.25, 0.3) is 0 Å². The number of Topliss-reactive ketones (excluding diaryl/α,β-unsaturated/α-hetero) is 1. The van der Waals surface area contributed by atoms with Crippen molar-refractivity contribution in [2.45, 2.75) is 107 Å². The van der Waals surface area contributed by atoms with Crippen LogP contribution in [0.3, 0.4) is 0 Å². The van der Waals surface area contributed by atoms with Crippen LogP contribution in [-0.2, 0) is 23.9 Å². The molecule has 280 valence electrons. The van der Waals surface area contributed by atoms with Crippen molar-refractivity contribution < 1.29 is 42.9 Å². The number of alkyl carbamates (subject to hydrolysis) is 1. The Kier molecular flexibility index (Phi) is 11.7. The van der Waals surface area contributed by atoms with E-state index < -0.39 is 47.6 Å². The van der Waals surface area contributed by atoms with Gasteiger partial charge in [-0.15, -0.1) is 0 Å². The number of methoxy groups -OCH3 is 2. The molecule has 3 amide bonds. The van der Waals surface area contributed by atoms with Crippen LogP contribution in [0.25, 0.3) is 10.9 Å². The number of hydrogen-bond acceptors (Lipinski definition) is 10. The number of halogens is 1. The van der Waals surface area contributed by atoms with E-state index in [-0.39, 0.29) is 41.8 Å². The van der Waals surface area contributed by atoms with Crippen LogP contribution in [0.5, 0.6) is 11.5 Å². The second kappa shape index (κ2) is 16.2. The highest BCUT2D eigenvalue weighted by Gasteiger charge is 2.62. The molecule has 1 saturated heterocycles. The van der Waals surface area contributed by atoms with Crippen LogP contribution in [0, 0.1) is 12.8 Å². The van der Waals surface area contributed by atoms with E-state index in [4.69, 9.17) is 18.9 Å². The fraction of sp³-hybridized carbons (Fsp3) is 0.579. The van der Waals surface area contributed by atoms with Gasteiger partial charge in [0.2, 0.25) is 11.8 Å². The number of hydrogen-bond donors (Lipinski definition) is 2. The zero-order valence-corrected chi connectivity index (χ0v) is 31.5. The Morgan fingerprint density at radius 2 is 1.81 bits per heavy atom. The van der Waals surface area contributed by atoms with Gasteiger partial charge in [-0.2, -0.15) is 0 Å². The fourth-order valence-corrected chi connectivity index (χ4v) is 8.03. The quantitative estimate of drug-likeness (QED) is 0.160. The van der Waals surface area contributed by atoms with E-state index in [1.54, 1.807) is 25.3 Å². The Morgan fingerprint density at radius 1 is 1.04 bits per heavy atom. The number of nitrogens with zero attached hydrogens (tertiary/aromatic N) is 2. The topological polar surface area (TPSA) is 162 Å². The predicted octanol–water partition coefficient (Wildman–Crippen LogP) is 5.08. The van der Waals surface area contributed by atoms with Crippen molar-refractivity contribution in [1.29, 1.82) is 0 Å². The van der Waals surface area contributed by atoms with Crippen molar-refractivity contribution in [2.75, 3.05) is 26.1 Å². The van der Waals surface area contributed by atoms with E-state index in [1.165, 1.54) is 12.0 Å². The zero-order chi connectivity index (χ0) is 37.0. The van der Waals surface area contributed by atoms with Gasteiger partial charge < -0.3 is 34.5 Å². The number of allylic oxidation sites excluding steroid dienone is 1. The van der Waals surface area contributed by atoms with E-state index in [2.05, 4.69) is 31.5 Å². The number of alkyl halides is 1. The maximum absolute atomic E-state index is 14.5. The molecular formula is C38H47BrN4O9. The summed E-state index contributed by atoms with van der Waals surface area (Å²) < 4.78 is 22.9. The van der Waals surface area contributed by atoms with Gasteiger partial charge in [0, 0.05) is 29.4 Å². The number of benzene rings is 1. The molecule has 3 heterocycles. The number of nitrogens with one attached hydrogen (secondary N) is 2. The van der Waals surface area contributed by atoms with Gasteiger partial charge in [0.05, 0.1) is 31.6 Å². The van der Waals surface area contributed by atoms with Gasteiger partial charge >= 0.3 is 12.1 Å². The maximum atomic E-state index is 14.5. The first-order valence-electron chi connectivity index (χ1n) is 18.2. The van der Waals surface area contributed by atoms with Crippen LogP contribution in [0.4, 0.5) is 4.79 Å². The van der Waals surface area contributed by atoms with Crippen molar-refractivity contribution in [3.05, 3.63) is 41.6 Å². The third-order valence-corrected chi connectivity index (χ3v) is 11.2. The number of ether oxygens (including phenoxy) is 4. The zero-order valence-electron chi connectivity index (χ0n) is 29.9. The first-order chi connectivity index (χ1) is 25.1. The number of esters is 1. The number of aromatic nitrogens is 1. The van der Waals surface area contributed by atoms with Crippen LogP contribution in [0.1, 0.15) is 86.7 Å². The Labute approximate surface area is 311 Å². The SMILES string of the molecule is COC(=O)[C@@]12CC1/C=C\CCCCC[C@H](NC(=O)OC1CCCC1)C(=O)N1C[C@H](Oc3cc(C(=O)CBr)nc4c(C)c(OC)ccc34)C[C@H]1C(=O)N2. The van der Waals surface area contributed by atoms with Crippen molar-refractivity contribution in [3.63, 3.8) is 0 Å². The van der Waals surface area contributed by atoms with E-state index in [9.17, 15) is 24.0 Å². The molecule has 0 radical (unpaired) electrons. The molecule has 0 bridgehead atoms. The van der Waals surface area contributed by atoms with E-state index >= 15 is 0 Å². The van der Waals surface area contributed by atoms with E-state index in [0.29, 0.717) is 41.7 Å². The standard InChI is InChI=1S/C38H47BrN4O9/c1-22-31(49-2)16-15-26-32(18-28(30(44)20-39)40-33(22)26)51-25-17-29-34(45)42-38(36(47)50-3)19-23(38)11-7-5-4-6-8-14-27(35(46)43(29)21-25)41-37(48)52-24-12-9-10-13-24/h7,11,15-16,18,23-25,27,29H,4-6,8-10,12-14,17,19-21H2,1-3H3,(H,41,48)(H,42,45)/b11-7-/t23?,25-,27+,29+,38-/m1/s1. The maximum Gasteiger partial charge on any atom is 0.408 e. The highest BCUT2D eigenvalue weighted by molar-refractivity contribution is 9.09. The molecule has 2 aliphatic carbocycles. The van der Waals surface area contributed by atoms with Crippen LogP contribution in [0.2, 0.25) is 0 Å². The van der Waals surface area contributed by atoms with Crippen molar-refractivity contribution in [2.24, 2.45) is 5.92 Å². The summed E-state index contributed by atoms with van der Waals surface area (Å²) >= 11 is 3.24. The number of ketones is 1. The monoisotopic (exact) mass is 782 g/mol. The summed E-state index contributed by atoms with van der Waals surface area (Å²) in [5.74, 6) is -1.01. The molecule has 52 heavy (non-hydrogen) atoms. The summed E-state index contributed by atoms with van der Waals surface area (Å²) in [4.78, 5) is 73.8. The molecule has 14 heteroatoms. The lowest BCUT2D eigenvalue weighted by Gasteiger charge is -2.29. The van der Waals surface area contributed by atoms with Gasteiger partial charge in [0.1, 0.15) is 47.0 Å². The number of carbonyl (C=O) groups is 5. The van der Waals surface area contributed by atoms with Gasteiger partial charge in [-0.3, -0.25) is 14.4 Å². The summed E-state index contributed by atoms with van der Waals surface area (Å²) in [6.07, 6.45) is 9.98. The largest absolute Gasteiger partial charge is 0.496 e. The molecule has 0 spiro atoms. The predicted molar refractivity (Wildman–Crippen MR) is 195 cm³/mol. The molecule has 2 N–H and O–H groups in total. The molecule has 2 saturated carbocycles. The molecule has 1 aromatic carbocycles. The van der Waals surface area contributed by atoms with Gasteiger partial charge in [-0.05, 0) is 70.4 Å². The number of fused-ring (bicyclic) bond motifs is 3. The normalized spacial score (nSPS) is 27.3. The van der Waals surface area contributed by atoms with Crippen LogP contribution in [-0.4, -0.2) is 95.5 Å². The van der Waals surface area contributed by atoms with Crippen LogP contribution in [0.15, 0.2) is 30.4 Å². The lowest BCUT2D eigenvalue weighted by Crippen LogP contribution is -2.56. The number of rotatable bonds is 8. The average molecular weight is 784 g/mol. The Morgan fingerprint density at radius 3 is 2.54 bits per heavy atom. The molecule has 13 nitrogen and oxygen atoms in total. The minimum atomic E-state index is -1.23. The summed E-state index contributed by atoms with van der Waals surface area (Å²) in [7, 11) is 2.85. The van der Waals surface area contributed by atoms with Crippen molar-refractivity contribution >= 4 is 56.5 Å². The molecule has 3 fully saturated rings. The Balaban J connectivity index is 1.33. The second-order valence-corrected chi connectivity index (χ2v) is 14.7. The molecule has 2 aromatic rings. The molecule has 1 aromatic heterocycles. The lowest BCUT2D eigenvalue weighted by atomic mass is 10.0. The molecule has 6 rings (SSSR count). The van der Waals surface area contributed by atoms with Gasteiger partial charge in [-0.25, -0.2) is 14.6 Å². The van der Waals surface area contributed by atoms with Gasteiger partial charge in [0.15, 0.2) is 5.78 Å². The molecular weight excluding hydrogens is 736 g/mol. The summed E-state index contributed by atoms with van der Waals surface area (Å²) in [6.45, 7) is 1.86. The highest BCUT2D eigenvalue weighted by Crippen LogP contribution is 2.46. The van der Waals surface area contributed by atoms with Crippen LogP contribution >= 0.6 is 15.9 Å². The smallest absolute Gasteiger partial charge is 0.408 e. The van der Waals surface area contributed by atoms with Crippen LogP contribution < -0.4 is 20.1 Å². The summed E-state index contributed by atoms with van der Waals surface area (Å²) in [5.41, 5.74) is 0.208. The number of aryl methyl sites for hydroxylation is 1. The van der Waals surface area contributed by atoms with Crippen molar-refractivity contribution in [1.82, 2.24) is 20.5 Å². The lowest BCUT2D eigenvalue weighted by molar-refractivity contribution is -0.148. The molecule has 1 unspecified atom stereocenters. The third kappa shape index (κ3) is 7.91. The molecule has 5 atom stereocenters. The van der Waals surface area contributed by atoms with E-state index in [1.807, 2.05) is 19.1 Å². The summed E-state index contributed by atoms with van der Waals surface area (Å²) in [5, 5.41) is 6.46. The fourth-order valence-electron chi connectivity index (χ4n) is 7.74. The highest BCUT2D eigenvalue weighted by atomic mass is 79.9. The first-order valence-corrected chi connectivity index (χ1v) is 19.3. The molecule has 2 aliphatic heterocycles. The minimum Gasteiger partial charge on any atom is -0.496 e. The second-order valence-electron chi connectivity index (χ2n) is 14.2. The average Bonchev–Trinajstić information content (AvgIpc) is 3.42. The van der Waals surface area contributed by atoms with E-state index in [0.717, 1.165) is 50.5 Å². The van der Waals surface area contributed by atoms with Gasteiger partial charge in [-0.1, -0.05) is 40.9 Å². The first kappa shape index (κ1) is 37.6. The van der Waals surface area contributed by atoms with Crippen molar-refractivity contribution in [3.8, 4) is 11.5 Å². The Bertz CT molecular complexity index is 1740. The molecule has 4 aliphatic rings. The summed E-state index contributed by atoms with van der Waals surface area (Å²) in [6, 6.07) is 3.21. The number of amides is 3. The number of carbonyl (C=O) groups excluding carboxylic acids is 5. The minimum absolute atomic E-state index is 0.0159. The Hall–Kier alpha value is -4.20. The third-order valence-electron chi connectivity index (χ3n) is 10.7. The number of pyridine rings is 1.